The minimum atomic E-state index is -4.02. The van der Waals surface area contributed by atoms with Crippen molar-refractivity contribution in [1.29, 1.82) is 0 Å². The number of amides is 1. The molecule has 0 aliphatic rings. The maximum absolute atomic E-state index is 14.2. The Kier molecular flexibility index (Phi) is 13.5. The summed E-state index contributed by atoms with van der Waals surface area (Å²) in [5.41, 5.74) is 4.94. The van der Waals surface area contributed by atoms with E-state index in [0.717, 1.165) is 55.1 Å². The Hall–Kier alpha value is -3.57. The lowest BCUT2D eigenvalue weighted by Crippen LogP contribution is -2.24. The lowest BCUT2D eigenvalue weighted by atomic mass is 9.89. The first-order chi connectivity index (χ1) is 22.4. The molecule has 3 N–H and O–H groups in total. The number of unbranched alkanes of at least 4 members (excludes halogenated alkanes) is 4. The van der Waals surface area contributed by atoms with E-state index in [4.69, 9.17) is 0 Å². The predicted molar refractivity (Wildman–Crippen MR) is 201 cm³/mol. The van der Waals surface area contributed by atoms with Gasteiger partial charge >= 0.3 is 0 Å². The van der Waals surface area contributed by atoms with Crippen molar-refractivity contribution in [3.63, 3.8) is 0 Å². The zero-order valence-corrected chi connectivity index (χ0v) is 31.6. The SMILES string of the molecule is CCCCCCCC(=O)Nc1cc(NS(=O)(=O)c2c(C(C)C)cc(C(C)C)cc2C(C)C)ccc1Nc1cccc(N(C)S(C)(=O)=O)c1. The van der Waals surface area contributed by atoms with Gasteiger partial charge in [-0.05, 0) is 77.3 Å². The molecule has 0 radical (unpaired) electrons. The summed E-state index contributed by atoms with van der Waals surface area (Å²) in [4.78, 5) is 13.4. The van der Waals surface area contributed by atoms with Crippen molar-refractivity contribution in [2.75, 3.05) is 33.0 Å². The Bertz CT molecular complexity index is 1760. The van der Waals surface area contributed by atoms with Crippen LogP contribution in [0.2, 0.25) is 0 Å². The molecule has 3 aromatic carbocycles. The van der Waals surface area contributed by atoms with E-state index >= 15 is 0 Å². The fourth-order valence-electron chi connectivity index (χ4n) is 5.45. The second kappa shape index (κ2) is 16.7. The largest absolute Gasteiger partial charge is 0.354 e. The van der Waals surface area contributed by atoms with Crippen LogP contribution in [-0.4, -0.2) is 36.0 Å². The highest BCUT2D eigenvalue weighted by atomic mass is 32.2. The highest BCUT2D eigenvalue weighted by molar-refractivity contribution is 7.93. The van der Waals surface area contributed by atoms with Gasteiger partial charge in [0.05, 0.1) is 33.9 Å². The zero-order chi connectivity index (χ0) is 35.8. The lowest BCUT2D eigenvalue weighted by molar-refractivity contribution is -0.116. The molecule has 0 spiro atoms. The molecular weight excluding hydrogens is 645 g/mol. The maximum Gasteiger partial charge on any atom is 0.262 e. The third-order valence-electron chi connectivity index (χ3n) is 8.39. The minimum Gasteiger partial charge on any atom is -0.354 e. The number of hydrogen-bond donors (Lipinski definition) is 3. The van der Waals surface area contributed by atoms with Gasteiger partial charge in [-0.3, -0.25) is 13.8 Å². The quantitative estimate of drug-likeness (QED) is 0.121. The first-order valence-corrected chi connectivity index (χ1v) is 20.2. The molecule has 1 amide bonds. The normalized spacial score (nSPS) is 12.1. The van der Waals surface area contributed by atoms with Crippen LogP contribution in [0.15, 0.2) is 59.5 Å². The fraction of sp³-hybridized carbons (Fsp3) is 0.486. The Balaban J connectivity index is 2.04. The summed E-state index contributed by atoms with van der Waals surface area (Å²) in [6.07, 6.45) is 6.50. The van der Waals surface area contributed by atoms with Crippen LogP contribution in [-0.2, 0) is 24.8 Å². The van der Waals surface area contributed by atoms with Crippen molar-refractivity contribution in [3.05, 3.63) is 71.3 Å². The van der Waals surface area contributed by atoms with E-state index in [1.54, 1.807) is 42.5 Å². The van der Waals surface area contributed by atoms with E-state index in [1.165, 1.54) is 11.4 Å². The molecule has 3 aromatic rings. The Morgan fingerprint density at radius 1 is 0.750 bits per heavy atom. The summed E-state index contributed by atoms with van der Waals surface area (Å²) < 4.78 is 56.6. The van der Waals surface area contributed by atoms with Crippen LogP contribution in [0.3, 0.4) is 0 Å². The molecule has 9 nitrogen and oxygen atoms in total. The summed E-state index contributed by atoms with van der Waals surface area (Å²) in [6, 6.07) is 15.9. The zero-order valence-electron chi connectivity index (χ0n) is 30.0. The second-order valence-electron chi connectivity index (χ2n) is 13.5. The molecule has 0 unspecified atom stereocenters. The van der Waals surface area contributed by atoms with Crippen LogP contribution in [0.4, 0.5) is 28.4 Å². The topological polar surface area (TPSA) is 125 Å². The molecule has 11 heteroatoms. The van der Waals surface area contributed by atoms with Gasteiger partial charge in [0.1, 0.15) is 0 Å². The van der Waals surface area contributed by atoms with Gasteiger partial charge in [0.2, 0.25) is 15.9 Å². The molecule has 0 heterocycles. The van der Waals surface area contributed by atoms with E-state index in [0.29, 0.717) is 39.8 Å². The van der Waals surface area contributed by atoms with Gasteiger partial charge in [-0.1, -0.05) is 92.3 Å². The van der Waals surface area contributed by atoms with E-state index < -0.39 is 20.0 Å². The van der Waals surface area contributed by atoms with E-state index in [9.17, 15) is 21.6 Å². The van der Waals surface area contributed by atoms with Crippen LogP contribution >= 0.6 is 0 Å². The molecule has 0 fully saturated rings. The van der Waals surface area contributed by atoms with Gasteiger partial charge < -0.3 is 10.6 Å². The summed E-state index contributed by atoms with van der Waals surface area (Å²) in [7, 11) is -6.01. The summed E-state index contributed by atoms with van der Waals surface area (Å²) in [5.74, 6) is 0.0247. The molecule has 0 bridgehead atoms. The van der Waals surface area contributed by atoms with Crippen molar-refractivity contribution < 1.29 is 21.6 Å². The smallest absolute Gasteiger partial charge is 0.262 e. The second-order valence-corrected chi connectivity index (χ2v) is 17.1. The number of anilines is 5. The van der Waals surface area contributed by atoms with E-state index in [2.05, 4.69) is 36.1 Å². The molecule has 0 saturated heterocycles. The predicted octanol–water partition coefficient (Wildman–Crippen LogP) is 9.30. The van der Waals surface area contributed by atoms with Gasteiger partial charge in [0.15, 0.2) is 0 Å². The van der Waals surface area contributed by atoms with Crippen molar-refractivity contribution in [3.8, 4) is 0 Å². The Morgan fingerprint density at radius 3 is 1.94 bits per heavy atom. The minimum absolute atomic E-state index is 0.0240. The van der Waals surface area contributed by atoms with E-state index in [-0.39, 0.29) is 23.7 Å². The van der Waals surface area contributed by atoms with Crippen LogP contribution in [0.25, 0.3) is 0 Å². The number of carbonyl (C=O) groups excluding carboxylic acids is 1. The van der Waals surface area contributed by atoms with Gasteiger partial charge in [0.25, 0.3) is 10.0 Å². The van der Waals surface area contributed by atoms with E-state index in [1.807, 2.05) is 39.8 Å². The van der Waals surface area contributed by atoms with Crippen molar-refractivity contribution in [2.45, 2.75) is 110 Å². The molecule has 0 aliphatic carbocycles. The third kappa shape index (κ3) is 10.5. The van der Waals surface area contributed by atoms with Gasteiger partial charge in [-0.15, -0.1) is 0 Å². The monoisotopic (exact) mass is 698 g/mol. The Morgan fingerprint density at radius 2 is 1.38 bits per heavy atom. The van der Waals surface area contributed by atoms with Crippen LogP contribution < -0.4 is 19.7 Å². The third-order valence-corrected chi connectivity index (χ3v) is 11.1. The average molecular weight is 699 g/mol. The van der Waals surface area contributed by atoms with Gasteiger partial charge in [0, 0.05) is 19.2 Å². The van der Waals surface area contributed by atoms with Crippen LogP contribution in [0, 0.1) is 0 Å². The number of carbonyl (C=O) groups is 1. The summed E-state index contributed by atoms with van der Waals surface area (Å²) in [5, 5.41) is 6.27. The molecular formula is C37H54N4O5S2. The first-order valence-electron chi connectivity index (χ1n) is 16.9. The van der Waals surface area contributed by atoms with Gasteiger partial charge in [-0.25, -0.2) is 16.8 Å². The number of nitrogens with zero attached hydrogens (tertiary/aromatic N) is 1. The number of sulfonamides is 2. The summed E-state index contributed by atoms with van der Waals surface area (Å²) >= 11 is 0. The summed E-state index contributed by atoms with van der Waals surface area (Å²) in [6.45, 7) is 14.4. The molecule has 0 saturated carbocycles. The standard InChI is InChI=1S/C37H54N4O5S2/c1-10-11-12-13-14-18-36(42)39-35-24-30(19-20-34(35)38-29-16-15-17-31(23-29)41(8)47(9,43)44)40-48(45,46)37-32(26(4)5)21-28(25(2)3)22-33(37)27(6)7/h15-17,19-27,38,40H,10-14,18H2,1-9H3,(H,39,42). The Labute approximate surface area is 289 Å². The average Bonchev–Trinajstić information content (AvgIpc) is 3.00. The highest BCUT2D eigenvalue weighted by Gasteiger charge is 2.27. The number of hydrogen-bond acceptors (Lipinski definition) is 6. The first kappa shape index (κ1) is 38.9. The lowest BCUT2D eigenvalue weighted by Gasteiger charge is -2.23. The molecule has 0 atom stereocenters. The number of rotatable bonds is 17. The van der Waals surface area contributed by atoms with Crippen LogP contribution in [0.5, 0.6) is 0 Å². The fourth-order valence-corrected chi connectivity index (χ4v) is 7.70. The molecule has 0 aromatic heterocycles. The number of nitrogens with one attached hydrogen (secondary N) is 3. The van der Waals surface area contributed by atoms with Crippen LogP contribution in [0.1, 0.15) is 121 Å². The van der Waals surface area contributed by atoms with Crippen molar-refractivity contribution in [2.24, 2.45) is 0 Å². The van der Waals surface area contributed by atoms with Crippen molar-refractivity contribution >= 4 is 54.4 Å². The molecule has 0 aliphatic heterocycles. The van der Waals surface area contributed by atoms with Gasteiger partial charge in [-0.2, -0.15) is 0 Å². The molecule has 264 valence electrons. The maximum atomic E-state index is 14.2. The molecule has 48 heavy (non-hydrogen) atoms. The number of benzene rings is 3. The van der Waals surface area contributed by atoms with Crippen molar-refractivity contribution in [1.82, 2.24) is 0 Å². The molecule has 3 rings (SSSR count). The highest BCUT2D eigenvalue weighted by Crippen LogP contribution is 2.37.